The predicted octanol–water partition coefficient (Wildman–Crippen LogP) is 3.85. The number of hydrogen-bond acceptors (Lipinski definition) is 4. The lowest BCUT2D eigenvalue weighted by atomic mass is 9.85. The molecule has 10 heteroatoms. The SMILES string of the molecule is O=C(CN1C(=O)[C@H]2CC=CC[C@H]2C1=O)Nc1cccc(C(=O)Nc2cccc(C(F)(F)F)c2)c1. The molecule has 34 heavy (non-hydrogen) atoms. The van der Waals surface area contributed by atoms with E-state index in [2.05, 4.69) is 10.6 Å². The zero-order chi connectivity index (χ0) is 24.5. The molecule has 2 atom stereocenters. The number of fused-ring (bicyclic) bond motifs is 1. The maximum atomic E-state index is 12.9. The van der Waals surface area contributed by atoms with Crippen molar-refractivity contribution < 1.29 is 32.3 Å². The molecule has 1 fully saturated rings. The summed E-state index contributed by atoms with van der Waals surface area (Å²) >= 11 is 0. The second-order valence-electron chi connectivity index (χ2n) is 8.08. The molecule has 2 aromatic carbocycles. The molecule has 176 valence electrons. The van der Waals surface area contributed by atoms with Crippen LogP contribution in [0.2, 0.25) is 0 Å². The Morgan fingerprint density at radius 2 is 1.47 bits per heavy atom. The van der Waals surface area contributed by atoms with Gasteiger partial charge in [0.05, 0.1) is 17.4 Å². The molecule has 0 bridgehead atoms. The van der Waals surface area contributed by atoms with E-state index in [-0.39, 0.29) is 28.8 Å². The van der Waals surface area contributed by atoms with Gasteiger partial charge in [-0.25, -0.2) is 0 Å². The van der Waals surface area contributed by atoms with Crippen LogP contribution in [0.1, 0.15) is 28.8 Å². The Kier molecular flexibility index (Phi) is 6.23. The molecule has 2 aromatic rings. The van der Waals surface area contributed by atoms with E-state index in [1.54, 1.807) is 0 Å². The highest BCUT2D eigenvalue weighted by Crippen LogP contribution is 2.35. The van der Waals surface area contributed by atoms with E-state index in [1.807, 2.05) is 12.2 Å². The van der Waals surface area contributed by atoms with Crippen LogP contribution >= 0.6 is 0 Å². The summed E-state index contributed by atoms with van der Waals surface area (Å²) in [5.74, 6) is -2.89. The Labute approximate surface area is 192 Å². The minimum absolute atomic E-state index is 0.0312. The Balaban J connectivity index is 1.40. The van der Waals surface area contributed by atoms with E-state index < -0.39 is 41.9 Å². The lowest BCUT2D eigenvalue weighted by molar-refractivity contribution is -0.142. The number of carbonyl (C=O) groups is 4. The summed E-state index contributed by atoms with van der Waals surface area (Å²) in [6.07, 6.45) is 0.0990. The average Bonchev–Trinajstić information content (AvgIpc) is 3.04. The zero-order valence-corrected chi connectivity index (χ0v) is 17.8. The molecule has 0 unspecified atom stereocenters. The fourth-order valence-corrected chi connectivity index (χ4v) is 4.08. The van der Waals surface area contributed by atoms with Crippen LogP contribution in [0.15, 0.2) is 60.7 Å². The summed E-state index contributed by atoms with van der Waals surface area (Å²) in [4.78, 5) is 51.0. The summed E-state index contributed by atoms with van der Waals surface area (Å²) in [5, 5.41) is 4.94. The van der Waals surface area contributed by atoms with E-state index in [0.29, 0.717) is 12.8 Å². The number of benzene rings is 2. The number of allylic oxidation sites excluding steroid dienone is 2. The van der Waals surface area contributed by atoms with Gasteiger partial charge in [0.2, 0.25) is 17.7 Å². The van der Waals surface area contributed by atoms with Crippen LogP contribution in [0.25, 0.3) is 0 Å². The van der Waals surface area contributed by atoms with Gasteiger partial charge in [-0.15, -0.1) is 0 Å². The molecule has 0 aromatic heterocycles. The van der Waals surface area contributed by atoms with Gasteiger partial charge in [0, 0.05) is 16.9 Å². The number of hydrogen-bond donors (Lipinski definition) is 2. The first-order valence-corrected chi connectivity index (χ1v) is 10.5. The van der Waals surface area contributed by atoms with Crippen LogP contribution in [0, 0.1) is 11.8 Å². The van der Waals surface area contributed by atoms with Crippen LogP contribution in [0.5, 0.6) is 0 Å². The summed E-state index contributed by atoms with van der Waals surface area (Å²) < 4.78 is 38.6. The van der Waals surface area contributed by atoms with Crippen molar-refractivity contribution in [3.05, 3.63) is 71.8 Å². The highest BCUT2D eigenvalue weighted by Gasteiger charge is 2.47. The predicted molar refractivity (Wildman–Crippen MR) is 117 cm³/mol. The first-order valence-electron chi connectivity index (χ1n) is 10.5. The first kappa shape index (κ1) is 23.2. The van der Waals surface area contributed by atoms with E-state index >= 15 is 0 Å². The first-order chi connectivity index (χ1) is 16.1. The molecule has 1 heterocycles. The number of amides is 4. The van der Waals surface area contributed by atoms with Crippen LogP contribution in [0.3, 0.4) is 0 Å². The molecule has 0 saturated carbocycles. The number of alkyl halides is 3. The molecule has 0 spiro atoms. The summed E-state index contributed by atoms with van der Waals surface area (Å²) in [6, 6.07) is 10.0. The number of rotatable bonds is 5. The average molecular weight is 471 g/mol. The molecule has 4 rings (SSSR count). The van der Waals surface area contributed by atoms with Crippen molar-refractivity contribution >= 4 is 35.0 Å². The molecular formula is C24H20F3N3O4. The molecule has 1 saturated heterocycles. The fraction of sp³-hybridized carbons (Fsp3) is 0.250. The highest BCUT2D eigenvalue weighted by atomic mass is 19.4. The van der Waals surface area contributed by atoms with E-state index in [9.17, 15) is 32.3 Å². The molecule has 0 radical (unpaired) electrons. The Bertz CT molecular complexity index is 1170. The Hall–Kier alpha value is -3.95. The van der Waals surface area contributed by atoms with Gasteiger partial charge >= 0.3 is 6.18 Å². The van der Waals surface area contributed by atoms with Gasteiger partial charge in [-0.1, -0.05) is 24.3 Å². The second-order valence-corrected chi connectivity index (χ2v) is 8.08. The number of anilines is 2. The normalized spacial score (nSPS) is 19.7. The van der Waals surface area contributed by atoms with Crippen molar-refractivity contribution in [1.29, 1.82) is 0 Å². The minimum Gasteiger partial charge on any atom is -0.325 e. The standard InChI is InChI=1S/C24H20F3N3O4/c25-24(26,27)15-6-4-8-17(12-15)29-21(32)14-5-3-7-16(11-14)28-20(31)13-30-22(33)18-9-1-2-10-19(18)23(30)34/h1-8,11-12,18-19H,9-10,13H2,(H,28,31)(H,29,32)/t18-,19+. The monoisotopic (exact) mass is 471 g/mol. The zero-order valence-electron chi connectivity index (χ0n) is 17.8. The third kappa shape index (κ3) is 4.85. The minimum atomic E-state index is -4.54. The van der Waals surface area contributed by atoms with E-state index in [1.165, 1.54) is 36.4 Å². The van der Waals surface area contributed by atoms with Crippen molar-refractivity contribution in [1.82, 2.24) is 4.90 Å². The Morgan fingerprint density at radius 3 is 2.09 bits per heavy atom. The van der Waals surface area contributed by atoms with Gasteiger partial charge in [-0.05, 0) is 49.2 Å². The lowest BCUT2D eigenvalue weighted by Gasteiger charge is -2.15. The van der Waals surface area contributed by atoms with Gasteiger partial charge in [-0.2, -0.15) is 13.2 Å². The Morgan fingerprint density at radius 1 is 0.882 bits per heavy atom. The summed E-state index contributed by atoms with van der Waals surface area (Å²) in [7, 11) is 0. The van der Waals surface area contributed by atoms with Gasteiger partial charge < -0.3 is 10.6 Å². The third-order valence-electron chi connectivity index (χ3n) is 5.76. The second kappa shape index (κ2) is 9.12. The maximum Gasteiger partial charge on any atom is 0.416 e. The van der Waals surface area contributed by atoms with Crippen molar-refractivity contribution in [3.8, 4) is 0 Å². The van der Waals surface area contributed by atoms with Crippen molar-refractivity contribution in [2.24, 2.45) is 11.8 Å². The summed E-state index contributed by atoms with van der Waals surface area (Å²) in [6.45, 7) is -0.439. The van der Waals surface area contributed by atoms with Crippen LogP contribution in [0.4, 0.5) is 24.5 Å². The van der Waals surface area contributed by atoms with Crippen LogP contribution in [-0.2, 0) is 20.6 Å². The largest absolute Gasteiger partial charge is 0.416 e. The number of nitrogens with one attached hydrogen (secondary N) is 2. The topological polar surface area (TPSA) is 95.6 Å². The van der Waals surface area contributed by atoms with Crippen molar-refractivity contribution in [2.45, 2.75) is 19.0 Å². The van der Waals surface area contributed by atoms with Crippen LogP contribution in [-0.4, -0.2) is 35.1 Å². The molecular weight excluding hydrogens is 451 g/mol. The molecule has 1 aliphatic carbocycles. The summed E-state index contributed by atoms with van der Waals surface area (Å²) in [5.41, 5.74) is -0.593. The number of nitrogens with zero attached hydrogens (tertiary/aromatic N) is 1. The van der Waals surface area contributed by atoms with Gasteiger partial charge in [0.15, 0.2) is 0 Å². The number of imide groups is 1. The van der Waals surface area contributed by atoms with E-state index in [0.717, 1.165) is 17.0 Å². The van der Waals surface area contributed by atoms with Gasteiger partial charge in [0.1, 0.15) is 6.54 Å². The third-order valence-corrected chi connectivity index (χ3v) is 5.76. The lowest BCUT2D eigenvalue weighted by Crippen LogP contribution is -2.38. The molecule has 1 aliphatic heterocycles. The molecule has 2 N–H and O–H groups in total. The fourth-order valence-electron chi connectivity index (χ4n) is 4.08. The van der Waals surface area contributed by atoms with Crippen LogP contribution < -0.4 is 10.6 Å². The smallest absolute Gasteiger partial charge is 0.325 e. The van der Waals surface area contributed by atoms with Crippen molar-refractivity contribution in [2.75, 3.05) is 17.2 Å². The quantitative estimate of drug-likeness (QED) is 0.512. The molecule has 4 amide bonds. The van der Waals surface area contributed by atoms with Gasteiger partial charge in [0.25, 0.3) is 5.91 Å². The molecule has 2 aliphatic rings. The van der Waals surface area contributed by atoms with Gasteiger partial charge in [-0.3, -0.25) is 24.1 Å². The molecule has 7 nitrogen and oxygen atoms in total. The highest BCUT2D eigenvalue weighted by molar-refractivity contribution is 6.09. The maximum absolute atomic E-state index is 12.9. The number of likely N-dealkylation sites (tertiary alicyclic amines) is 1. The van der Waals surface area contributed by atoms with Crippen molar-refractivity contribution in [3.63, 3.8) is 0 Å². The number of carbonyl (C=O) groups excluding carboxylic acids is 4. The van der Waals surface area contributed by atoms with E-state index in [4.69, 9.17) is 0 Å². The number of halogens is 3.